The third kappa shape index (κ3) is 2.98. The molecule has 0 unspecified atom stereocenters. The van der Waals surface area contributed by atoms with Crippen LogP contribution in [0.3, 0.4) is 0 Å². The number of rotatable bonds is 2. The lowest BCUT2D eigenvalue weighted by Crippen LogP contribution is -2.24. The molecule has 21 heavy (non-hydrogen) atoms. The van der Waals surface area contributed by atoms with Crippen LogP contribution in [-0.4, -0.2) is 17.7 Å². The van der Waals surface area contributed by atoms with Gasteiger partial charge in [0.25, 0.3) is 5.56 Å². The van der Waals surface area contributed by atoms with Gasteiger partial charge in [-0.15, -0.1) is 0 Å². The minimum absolute atomic E-state index is 0.0375. The van der Waals surface area contributed by atoms with Gasteiger partial charge in [-0.3, -0.25) is 4.79 Å². The van der Waals surface area contributed by atoms with Gasteiger partial charge >= 0.3 is 0 Å². The molecule has 0 spiro atoms. The second-order valence-corrected chi connectivity index (χ2v) is 5.46. The fourth-order valence-electron chi connectivity index (χ4n) is 2.86. The van der Waals surface area contributed by atoms with E-state index in [1.54, 1.807) is 17.7 Å². The van der Waals surface area contributed by atoms with E-state index in [1.165, 1.54) is 16.7 Å². The Labute approximate surface area is 124 Å². The first-order chi connectivity index (χ1) is 10.3. The Morgan fingerprint density at radius 2 is 1.76 bits per heavy atom. The van der Waals surface area contributed by atoms with Crippen LogP contribution in [0.5, 0.6) is 0 Å². The molecule has 0 radical (unpaired) electrons. The topological polar surface area (TPSA) is 34.0 Å². The average molecular weight is 280 g/mol. The Kier molecular flexibility index (Phi) is 4.02. The molecule has 1 saturated heterocycles. The summed E-state index contributed by atoms with van der Waals surface area (Å²) in [4.78, 5) is 12.0. The van der Waals surface area contributed by atoms with Gasteiger partial charge in [-0.2, -0.15) is 0 Å². The van der Waals surface area contributed by atoms with Gasteiger partial charge in [0.1, 0.15) is 0 Å². The standard InChI is InChI=1S/C18H20N2O/c1-20-12-9-16(13-17(20)21)18(14-5-3-2-4-6-14)15-7-10-19-11-8-15/h2-6,9,12-13,19H,7-8,10-11H2,1H3. The van der Waals surface area contributed by atoms with Gasteiger partial charge < -0.3 is 9.88 Å². The van der Waals surface area contributed by atoms with E-state index in [1.807, 2.05) is 18.3 Å². The highest BCUT2D eigenvalue weighted by Gasteiger charge is 2.15. The first-order valence-electron chi connectivity index (χ1n) is 7.41. The van der Waals surface area contributed by atoms with Crippen molar-refractivity contribution in [2.45, 2.75) is 12.8 Å². The Bertz CT molecular complexity index is 705. The monoisotopic (exact) mass is 280 g/mol. The lowest BCUT2D eigenvalue weighted by atomic mass is 9.89. The lowest BCUT2D eigenvalue weighted by molar-refractivity contribution is 0.611. The number of aryl methyl sites for hydroxylation is 1. The molecule has 3 rings (SSSR count). The second-order valence-electron chi connectivity index (χ2n) is 5.46. The Morgan fingerprint density at radius 1 is 1.05 bits per heavy atom. The molecule has 0 atom stereocenters. The van der Waals surface area contributed by atoms with Crippen molar-refractivity contribution in [2.24, 2.45) is 7.05 Å². The predicted molar refractivity (Wildman–Crippen MR) is 86.3 cm³/mol. The Hall–Kier alpha value is -2.13. The highest BCUT2D eigenvalue weighted by Crippen LogP contribution is 2.30. The molecule has 1 fully saturated rings. The third-order valence-corrected chi connectivity index (χ3v) is 4.02. The number of nitrogens with one attached hydrogen (secondary N) is 1. The number of pyridine rings is 1. The molecule has 2 heterocycles. The second kappa shape index (κ2) is 6.10. The zero-order valence-corrected chi connectivity index (χ0v) is 12.3. The number of hydrogen-bond acceptors (Lipinski definition) is 2. The van der Waals surface area contributed by atoms with E-state index >= 15 is 0 Å². The van der Waals surface area contributed by atoms with Crippen molar-refractivity contribution in [2.75, 3.05) is 13.1 Å². The predicted octanol–water partition coefficient (Wildman–Crippen LogP) is 2.57. The summed E-state index contributed by atoms with van der Waals surface area (Å²) in [6.45, 7) is 2.02. The summed E-state index contributed by atoms with van der Waals surface area (Å²) in [6, 6.07) is 14.2. The molecule has 1 N–H and O–H groups in total. The summed E-state index contributed by atoms with van der Waals surface area (Å²) in [5.74, 6) is 0. The zero-order valence-electron chi connectivity index (χ0n) is 12.3. The zero-order chi connectivity index (χ0) is 14.7. The van der Waals surface area contributed by atoms with Gasteiger partial charge in [-0.05, 0) is 48.7 Å². The van der Waals surface area contributed by atoms with Crippen molar-refractivity contribution in [1.82, 2.24) is 9.88 Å². The van der Waals surface area contributed by atoms with Crippen LogP contribution < -0.4 is 10.9 Å². The van der Waals surface area contributed by atoms with E-state index in [9.17, 15) is 4.79 Å². The maximum atomic E-state index is 12.0. The van der Waals surface area contributed by atoms with Crippen molar-refractivity contribution in [3.8, 4) is 0 Å². The number of hydrogen-bond donors (Lipinski definition) is 1. The van der Waals surface area contributed by atoms with Crippen LogP contribution in [-0.2, 0) is 7.05 Å². The number of aromatic nitrogens is 1. The van der Waals surface area contributed by atoms with Crippen LogP contribution in [0.25, 0.3) is 5.57 Å². The molecule has 1 aliphatic heterocycles. The molecule has 2 aromatic rings. The van der Waals surface area contributed by atoms with Gasteiger partial charge in [-0.1, -0.05) is 35.9 Å². The van der Waals surface area contributed by atoms with Crippen LogP contribution in [0.15, 0.2) is 59.0 Å². The van der Waals surface area contributed by atoms with E-state index in [4.69, 9.17) is 0 Å². The van der Waals surface area contributed by atoms with E-state index < -0.39 is 0 Å². The maximum absolute atomic E-state index is 12.0. The van der Waals surface area contributed by atoms with Crippen molar-refractivity contribution in [1.29, 1.82) is 0 Å². The van der Waals surface area contributed by atoms with Crippen molar-refractivity contribution < 1.29 is 0 Å². The van der Waals surface area contributed by atoms with E-state index in [2.05, 4.69) is 29.6 Å². The van der Waals surface area contributed by atoms with Crippen molar-refractivity contribution >= 4 is 5.57 Å². The van der Waals surface area contributed by atoms with Gasteiger partial charge in [0.15, 0.2) is 0 Å². The van der Waals surface area contributed by atoms with Crippen LogP contribution >= 0.6 is 0 Å². The van der Waals surface area contributed by atoms with Gasteiger partial charge in [0.2, 0.25) is 0 Å². The number of nitrogens with zero attached hydrogens (tertiary/aromatic N) is 1. The summed E-state index contributed by atoms with van der Waals surface area (Å²) < 4.78 is 1.61. The van der Waals surface area contributed by atoms with E-state index in [-0.39, 0.29) is 5.56 Å². The normalized spacial score (nSPS) is 15.0. The fraction of sp³-hybridized carbons (Fsp3) is 0.278. The molecule has 0 bridgehead atoms. The SMILES string of the molecule is Cn1ccc(C(=C2CCNCC2)c2ccccc2)cc1=O. The Morgan fingerprint density at radius 3 is 2.43 bits per heavy atom. The smallest absolute Gasteiger partial charge is 0.250 e. The molecular weight excluding hydrogens is 260 g/mol. The van der Waals surface area contributed by atoms with Crippen LogP contribution in [0.1, 0.15) is 24.0 Å². The van der Waals surface area contributed by atoms with Gasteiger partial charge in [0, 0.05) is 19.3 Å². The molecule has 3 nitrogen and oxygen atoms in total. The minimum atomic E-state index is 0.0375. The molecule has 3 heteroatoms. The first kappa shape index (κ1) is 13.8. The van der Waals surface area contributed by atoms with E-state index in [0.29, 0.717) is 0 Å². The van der Waals surface area contributed by atoms with Crippen LogP contribution in [0.2, 0.25) is 0 Å². The molecule has 108 valence electrons. The summed E-state index contributed by atoms with van der Waals surface area (Å²) in [5, 5.41) is 3.39. The average Bonchev–Trinajstić information content (AvgIpc) is 2.53. The van der Waals surface area contributed by atoms with Crippen LogP contribution in [0, 0.1) is 0 Å². The van der Waals surface area contributed by atoms with Gasteiger partial charge in [0.05, 0.1) is 0 Å². The molecule has 0 amide bonds. The molecule has 1 aromatic heterocycles. The summed E-state index contributed by atoms with van der Waals surface area (Å²) in [7, 11) is 1.78. The van der Waals surface area contributed by atoms with Gasteiger partial charge in [-0.25, -0.2) is 0 Å². The molecule has 1 aliphatic rings. The minimum Gasteiger partial charge on any atom is -0.319 e. The molecule has 0 aliphatic carbocycles. The maximum Gasteiger partial charge on any atom is 0.250 e. The summed E-state index contributed by atoms with van der Waals surface area (Å²) in [5.41, 5.74) is 4.93. The van der Waals surface area contributed by atoms with Crippen molar-refractivity contribution in [3.05, 3.63) is 75.7 Å². The van der Waals surface area contributed by atoms with E-state index in [0.717, 1.165) is 31.5 Å². The van der Waals surface area contributed by atoms with Crippen molar-refractivity contribution in [3.63, 3.8) is 0 Å². The first-order valence-corrected chi connectivity index (χ1v) is 7.41. The largest absolute Gasteiger partial charge is 0.319 e. The highest BCUT2D eigenvalue weighted by atomic mass is 16.1. The fourth-order valence-corrected chi connectivity index (χ4v) is 2.86. The molecule has 1 aromatic carbocycles. The quantitative estimate of drug-likeness (QED) is 0.917. The Balaban J connectivity index is 2.16. The van der Waals surface area contributed by atoms with Crippen LogP contribution in [0.4, 0.5) is 0 Å². The molecule has 0 saturated carbocycles. The third-order valence-electron chi connectivity index (χ3n) is 4.02. The number of benzene rings is 1. The summed E-state index contributed by atoms with van der Waals surface area (Å²) >= 11 is 0. The molecular formula is C18H20N2O. The number of piperidine rings is 1. The highest BCUT2D eigenvalue weighted by molar-refractivity contribution is 5.82. The summed E-state index contributed by atoms with van der Waals surface area (Å²) in [6.07, 6.45) is 3.93. The lowest BCUT2D eigenvalue weighted by Gasteiger charge is -2.21.